The van der Waals surface area contributed by atoms with E-state index in [1.54, 1.807) is 0 Å². The Morgan fingerprint density at radius 3 is 1.57 bits per heavy atom. The molecule has 4 nitrogen and oxygen atoms in total. The number of aliphatic hydroxyl groups excluding tert-OH is 1. The summed E-state index contributed by atoms with van der Waals surface area (Å²) in [6.45, 7) is 5.27. The third-order valence-corrected chi connectivity index (χ3v) is 7.69. The number of allylic oxidation sites excluding steroid dienone is 6. The van der Waals surface area contributed by atoms with Gasteiger partial charge in [-0.2, -0.15) is 0 Å². The average molecular weight is 591 g/mol. The fourth-order valence-electron chi connectivity index (χ4n) is 4.93. The molecule has 1 unspecified atom stereocenters. The van der Waals surface area contributed by atoms with Crippen molar-refractivity contribution in [3.8, 4) is 0 Å². The second-order valence-electron chi connectivity index (χ2n) is 11.9. The van der Waals surface area contributed by atoms with E-state index >= 15 is 0 Å². The van der Waals surface area contributed by atoms with E-state index in [0.717, 1.165) is 25.7 Å². The van der Waals surface area contributed by atoms with Crippen molar-refractivity contribution >= 4 is 5.97 Å². The van der Waals surface area contributed by atoms with Crippen molar-refractivity contribution in [2.75, 3.05) is 19.8 Å². The Labute approximate surface area is 261 Å². The van der Waals surface area contributed by atoms with Crippen molar-refractivity contribution in [2.45, 2.75) is 180 Å². The van der Waals surface area contributed by atoms with Gasteiger partial charge in [0.1, 0.15) is 6.10 Å². The van der Waals surface area contributed by atoms with Crippen LogP contribution < -0.4 is 0 Å². The van der Waals surface area contributed by atoms with E-state index in [-0.39, 0.29) is 19.2 Å². The Balaban J connectivity index is 3.47. The van der Waals surface area contributed by atoms with Gasteiger partial charge in [-0.1, -0.05) is 140 Å². The molecule has 0 aromatic rings. The highest BCUT2D eigenvalue weighted by atomic mass is 16.6. The second kappa shape index (κ2) is 35.8. The van der Waals surface area contributed by atoms with Crippen molar-refractivity contribution in [1.29, 1.82) is 0 Å². The van der Waals surface area contributed by atoms with Gasteiger partial charge in [0, 0.05) is 13.0 Å². The molecule has 0 aromatic heterocycles. The van der Waals surface area contributed by atoms with Gasteiger partial charge in [-0.25, -0.2) is 0 Å². The zero-order valence-electron chi connectivity index (χ0n) is 28.0. The fourth-order valence-corrected chi connectivity index (χ4v) is 4.93. The molecular weight excluding hydrogens is 520 g/mol. The first-order valence-electron chi connectivity index (χ1n) is 18.1. The molecule has 0 spiro atoms. The number of carbonyl (C=O) groups is 1. The van der Waals surface area contributed by atoms with E-state index in [4.69, 9.17) is 9.47 Å². The van der Waals surface area contributed by atoms with Crippen LogP contribution in [0, 0.1) is 0 Å². The van der Waals surface area contributed by atoms with Gasteiger partial charge >= 0.3 is 5.97 Å². The molecular formula is C38H70O4. The number of carbonyl (C=O) groups excluding carboxylic acids is 1. The van der Waals surface area contributed by atoms with Crippen molar-refractivity contribution in [3.63, 3.8) is 0 Å². The summed E-state index contributed by atoms with van der Waals surface area (Å²) in [5.74, 6) is -0.212. The second-order valence-corrected chi connectivity index (χ2v) is 11.9. The van der Waals surface area contributed by atoms with Gasteiger partial charge in [0.05, 0.1) is 13.2 Å². The van der Waals surface area contributed by atoms with Crippen molar-refractivity contribution < 1.29 is 19.4 Å². The largest absolute Gasteiger partial charge is 0.457 e. The molecule has 0 heterocycles. The summed E-state index contributed by atoms with van der Waals surface area (Å²) in [6, 6.07) is 0. The van der Waals surface area contributed by atoms with Crippen molar-refractivity contribution in [1.82, 2.24) is 0 Å². The summed E-state index contributed by atoms with van der Waals surface area (Å²) in [5.41, 5.74) is 0. The number of aliphatic hydroxyl groups is 1. The Morgan fingerprint density at radius 1 is 0.571 bits per heavy atom. The molecule has 246 valence electrons. The number of rotatable bonds is 33. The van der Waals surface area contributed by atoms with E-state index in [1.807, 2.05) is 0 Å². The maximum absolute atomic E-state index is 12.1. The lowest BCUT2D eigenvalue weighted by molar-refractivity contribution is -0.154. The molecule has 0 saturated heterocycles. The van der Waals surface area contributed by atoms with Crippen LogP contribution in [0.15, 0.2) is 36.5 Å². The highest BCUT2D eigenvalue weighted by molar-refractivity contribution is 5.69. The van der Waals surface area contributed by atoms with Crippen LogP contribution >= 0.6 is 0 Å². The molecule has 4 heteroatoms. The van der Waals surface area contributed by atoms with Gasteiger partial charge < -0.3 is 14.6 Å². The fraction of sp³-hybridized carbons (Fsp3) is 0.816. The van der Waals surface area contributed by atoms with E-state index < -0.39 is 6.10 Å². The van der Waals surface area contributed by atoms with Gasteiger partial charge in [0.15, 0.2) is 0 Å². The third kappa shape index (κ3) is 33.1. The minimum Gasteiger partial charge on any atom is -0.457 e. The van der Waals surface area contributed by atoms with Crippen molar-refractivity contribution in [2.24, 2.45) is 0 Å². The zero-order valence-corrected chi connectivity index (χ0v) is 28.0. The molecule has 0 rings (SSSR count). The Kier molecular flexibility index (Phi) is 34.6. The van der Waals surface area contributed by atoms with Crippen LogP contribution in [0.3, 0.4) is 0 Å². The predicted octanol–water partition coefficient (Wildman–Crippen LogP) is 11.4. The number of hydrogen-bond acceptors (Lipinski definition) is 4. The molecule has 0 amide bonds. The number of esters is 1. The van der Waals surface area contributed by atoms with Crippen LogP contribution in [-0.2, 0) is 14.3 Å². The summed E-state index contributed by atoms with van der Waals surface area (Å²) in [4.78, 5) is 12.1. The first kappa shape index (κ1) is 40.6. The molecule has 42 heavy (non-hydrogen) atoms. The minimum absolute atomic E-state index is 0.177. The lowest BCUT2D eigenvalue weighted by Gasteiger charge is -2.15. The maximum atomic E-state index is 12.1. The quantitative estimate of drug-likeness (QED) is 0.0469. The monoisotopic (exact) mass is 591 g/mol. The van der Waals surface area contributed by atoms with Gasteiger partial charge in [0.2, 0.25) is 0 Å². The summed E-state index contributed by atoms with van der Waals surface area (Å²) in [5, 5.41) is 9.54. The number of unbranched alkanes of at least 4 members (excludes halogenated alkanes) is 19. The van der Waals surface area contributed by atoms with Gasteiger partial charge in [-0.15, -0.1) is 0 Å². The van der Waals surface area contributed by atoms with E-state index in [0.29, 0.717) is 13.0 Å². The lowest BCUT2D eigenvalue weighted by atomic mass is 10.1. The highest BCUT2D eigenvalue weighted by Gasteiger charge is 2.13. The van der Waals surface area contributed by atoms with Crippen LogP contribution in [-0.4, -0.2) is 37.0 Å². The molecule has 0 aromatic carbocycles. The molecule has 0 radical (unpaired) electrons. The van der Waals surface area contributed by atoms with Gasteiger partial charge in [-0.3, -0.25) is 4.79 Å². The SMILES string of the molecule is CCCC/C=C\CCCCCCCCOCC(CO)OC(=O)CCCCCCCCC/C=C\C/C=C\CCCCCC. The van der Waals surface area contributed by atoms with Crippen LogP contribution in [0.25, 0.3) is 0 Å². The summed E-state index contributed by atoms with van der Waals surface area (Å²) < 4.78 is 11.1. The van der Waals surface area contributed by atoms with Crippen LogP contribution in [0.5, 0.6) is 0 Å². The Bertz CT molecular complexity index is 625. The average Bonchev–Trinajstić information content (AvgIpc) is 3.00. The zero-order chi connectivity index (χ0) is 30.6. The van der Waals surface area contributed by atoms with Gasteiger partial charge in [-0.05, 0) is 64.2 Å². The minimum atomic E-state index is -0.538. The molecule has 0 bridgehead atoms. The van der Waals surface area contributed by atoms with Crippen LogP contribution in [0.1, 0.15) is 174 Å². The molecule has 1 N–H and O–H groups in total. The summed E-state index contributed by atoms with van der Waals surface area (Å²) in [6.07, 6.45) is 43.2. The molecule has 0 fully saturated rings. The number of hydrogen-bond donors (Lipinski definition) is 1. The smallest absolute Gasteiger partial charge is 0.306 e. The topological polar surface area (TPSA) is 55.8 Å². The molecule has 0 aliphatic heterocycles. The summed E-state index contributed by atoms with van der Waals surface area (Å²) in [7, 11) is 0. The Hall–Kier alpha value is -1.39. The van der Waals surface area contributed by atoms with E-state index in [1.165, 1.54) is 128 Å². The maximum Gasteiger partial charge on any atom is 0.306 e. The molecule has 1 atom stereocenters. The van der Waals surface area contributed by atoms with Crippen LogP contribution in [0.2, 0.25) is 0 Å². The van der Waals surface area contributed by atoms with Gasteiger partial charge in [0.25, 0.3) is 0 Å². The standard InChI is InChI=1S/C38H70O4/c1-3-5-7-9-11-13-15-17-18-19-20-21-22-23-25-27-29-31-33-38(40)42-37(35-39)36-41-34-32-30-28-26-24-16-14-12-10-8-6-4-2/h10,12-13,15,18-19,37,39H,3-9,11,14,16-17,20-36H2,1-2H3/b12-10-,15-13-,19-18-. The highest BCUT2D eigenvalue weighted by Crippen LogP contribution is 2.12. The first-order valence-corrected chi connectivity index (χ1v) is 18.1. The number of ether oxygens (including phenoxy) is 2. The van der Waals surface area contributed by atoms with E-state index in [9.17, 15) is 9.90 Å². The normalized spacial score (nSPS) is 12.7. The first-order chi connectivity index (χ1) is 20.7. The molecule has 0 saturated carbocycles. The third-order valence-electron chi connectivity index (χ3n) is 7.69. The Morgan fingerprint density at radius 2 is 1.02 bits per heavy atom. The van der Waals surface area contributed by atoms with Crippen molar-refractivity contribution in [3.05, 3.63) is 36.5 Å². The molecule has 0 aliphatic rings. The predicted molar refractivity (Wildman–Crippen MR) is 182 cm³/mol. The molecule has 0 aliphatic carbocycles. The lowest BCUT2D eigenvalue weighted by Crippen LogP contribution is -2.27. The van der Waals surface area contributed by atoms with E-state index in [2.05, 4.69) is 50.3 Å². The van der Waals surface area contributed by atoms with Crippen LogP contribution in [0.4, 0.5) is 0 Å². The summed E-state index contributed by atoms with van der Waals surface area (Å²) >= 11 is 0.